The number of nitrogens with zero attached hydrogens (tertiary/aromatic N) is 2. The number of carbonyl (C=O) groups excluding carboxylic acids is 1. The zero-order valence-corrected chi connectivity index (χ0v) is 9.80. The predicted octanol–water partition coefficient (Wildman–Crippen LogP) is 1.65. The summed E-state index contributed by atoms with van der Waals surface area (Å²) in [4.78, 5) is 21.7. The third-order valence-electron chi connectivity index (χ3n) is 2.13. The molecule has 0 fully saturated rings. The van der Waals surface area contributed by atoms with Gasteiger partial charge in [0.25, 0.3) is 0 Å². The molecule has 1 aromatic carbocycles. The highest BCUT2D eigenvalue weighted by atomic mass is 16.6. The lowest BCUT2D eigenvalue weighted by Gasteiger charge is -2.06. The first-order chi connectivity index (χ1) is 8.54. The molecule has 0 spiro atoms. The number of nitro groups is 1. The van der Waals surface area contributed by atoms with Crippen molar-refractivity contribution in [2.45, 2.75) is 6.92 Å². The molecule has 0 aromatic heterocycles. The summed E-state index contributed by atoms with van der Waals surface area (Å²) in [5.41, 5.74) is -0.567. The van der Waals surface area contributed by atoms with E-state index >= 15 is 0 Å². The summed E-state index contributed by atoms with van der Waals surface area (Å²) in [5, 5.41) is 19.7. The minimum absolute atomic E-state index is 0.0316. The molecule has 94 valence electrons. The Labute approximate surface area is 103 Å². The average Bonchev–Trinajstić information content (AvgIpc) is 2.37. The molecule has 7 nitrogen and oxygen atoms in total. The zero-order chi connectivity index (χ0) is 13.7. The number of carbonyl (C=O) groups is 1. The van der Waals surface area contributed by atoms with Crippen molar-refractivity contribution in [2.24, 2.45) is 0 Å². The zero-order valence-electron chi connectivity index (χ0n) is 9.80. The van der Waals surface area contributed by atoms with Gasteiger partial charge in [0.05, 0.1) is 29.8 Å². The third kappa shape index (κ3) is 2.55. The summed E-state index contributed by atoms with van der Waals surface area (Å²) in [7, 11) is 1.24. The predicted molar refractivity (Wildman–Crippen MR) is 60.3 cm³/mol. The van der Waals surface area contributed by atoms with Gasteiger partial charge in [0.15, 0.2) is 5.75 Å². The Bertz CT molecular complexity index is 533. The number of esters is 1. The average molecular weight is 250 g/mol. The summed E-state index contributed by atoms with van der Waals surface area (Å²) in [6.07, 6.45) is 0. The van der Waals surface area contributed by atoms with Crippen molar-refractivity contribution in [3.05, 3.63) is 33.4 Å². The SMILES string of the molecule is CCOC(=O)c1cc([N+](=O)[O-])c(OC)cc1C#N. The number of ether oxygens (including phenoxy) is 2. The fourth-order valence-corrected chi connectivity index (χ4v) is 1.34. The molecule has 0 amide bonds. The van der Waals surface area contributed by atoms with Crippen LogP contribution in [0.4, 0.5) is 5.69 Å². The van der Waals surface area contributed by atoms with Crippen LogP contribution in [0.25, 0.3) is 0 Å². The largest absolute Gasteiger partial charge is 0.490 e. The van der Waals surface area contributed by atoms with E-state index in [1.807, 2.05) is 0 Å². The summed E-state index contributed by atoms with van der Waals surface area (Å²) in [6, 6.07) is 3.90. The van der Waals surface area contributed by atoms with Gasteiger partial charge in [-0.25, -0.2) is 4.79 Å². The Morgan fingerprint density at radius 1 is 1.56 bits per heavy atom. The minimum Gasteiger partial charge on any atom is -0.490 e. The number of methoxy groups -OCH3 is 1. The molecule has 0 heterocycles. The first kappa shape index (κ1) is 13.4. The molecule has 0 saturated heterocycles. The Morgan fingerprint density at radius 3 is 2.67 bits per heavy atom. The van der Waals surface area contributed by atoms with E-state index < -0.39 is 10.9 Å². The first-order valence-electron chi connectivity index (χ1n) is 4.98. The normalized spacial score (nSPS) is 9.39. The maximum atomic E-state index is 11.6. The quantitative estimate of drug-likeness (QED) is 0.457. The molecule has 1 aromatic rings. The summed E-state index contributed by atoms with van der Waals surface area (Å²) in [6.45, 7) is 1.71. The molecule has 0 aliphatic carbocycles. The second kappa shape index (κ2) is 5.63. The second-order valence-corrected chi connectivity index (χ2v) is 3.16. The van der Waals surface area contributed by atoms with Crippen LogP contribution in [0.3, 0.4) is 0 Å². The van der Waals surface area contributed by atoms with Crippen molar-refractivity contribution in [3.8, 4) is 11.8 Å². The van der Waals surface area contributed by atoms with Gasteiger partial charge < -0.3 is 9.47 Å². The second-order valence-electron chi connectivity index (χ2n) is 3.16. The van der Waals surface area contributed by atoms with E-state index in [-0.39, 0.29) is 29.2 Å². The smallest absolute Gasteiger partial charge is 0.339 e. The molecule has 0 bridgehead atoms. The molecule has 0 N–H and O–H groups in total. The van der Waals surface area contributed by atoms with Crippen LogP contribution < -0.4 is 4.74 Å². The van der Waals surface area contributed by atoms with E-state index in [4.69, 9.17) is 14.7 Å². The highest BCUT2D eigenvalue weighted by molar-refractivity contribution is 5.93. The Kier molecular flexibility index (Phi) is 4.21. The summed E-state index contributed by atoms with van der Waals surface area (Å²) >= 11 is 0. The van der Waals surface area contributed by atoms with Gasteiger partial charge in [-0.15, -0.1) is 0 Å². The van der Waals surface area contributed by atoms with Crippen LogP contribution in [-0.2, 0) is 4.74 Å². The molecule has 0 unspecified atom stereocenters. The number of nitriles is 1. The topological polar surface area (TPSA) is 102 Å². The van der Waals surface area contributed by atoms with E-state index in [1.54, 1.807) is 13.0 Å². The molecule has 0 saturated carbocycles. The van der Waals surface area contributed by atoms with Crippen molar-refractivity contribution in [3.63, 3.8) is 0 Å². The standard InChI is InChI=1S/C11H10N2O5/c1-3-18-11(14)8-5-9(13(15)16)10(17-2)4-7(8)6-12/h4-5H,3H2,1-2H3. The van der Waals surface area contributed by atoms with Crippen LogP contribution in [0, 0.1) is 21.4 Å². The fourth-order valence-electron chi connectivity index (χ4n) is 1.34. The Hall–Kier alpha value is -2.62. The third-order valence-corrected chi connectivity index (χ3v) is 2.13. The fraction of sp³-hybridized carbons (Fsp3) is 0.273. The van der Waals surface area contributed by atoms with E-state index in [0.717, 1.165) is 12.1 Å². The molecule has 1 rings (SSSR count). The van der Waals surface area contributed by atoms with Crippen LogP contribution >= 0.6 is 0 Å². The lowest BCUT2D eigenvalue weighted by atomic mass is 10.1. The molecular weight excluding hydrogens is 240 g/mol. The van der Waals surface area contributed by atoms with E-state index in [0.29, 0.717) is 0 Å². The van der Waals surface area contributed by atoms with Crippen LogP contribution in [0.15, 0.2) is 12.1 Å². The monoisotopic (exact) mass is 250 g/mol. The van der Waals surface area contributed by atoms with Gasteiger partial charge in [-0.05, 0) is 6.92 Å². The lowest BCUT2D eigenvalue weighted by molar-refractivity contribution is -0.385. The van der Waals surface area contributed by atoms with Crippen LogP contribution in [0.2, 0.25) is 0 Å². The molecule has 0 radical (unpaired) electrons. The molecule has 0 aliphatic rings. The van der Waals surface area contributed by atoms with Gasteiger partial charge >= 0.3 is 11.7 Å². The van der Waals surface area contributed by atoms with Crippen LogP contribution in [0.1, 0.15) is 22.8 Å². The number of benzene rings is 1. The number of nitro benzene ring substituents is 1. The molecule has 18 heavy (non-hydrogen) atoms. The van der Waals surface area contributed by atoms with Crippen molar-refractivity contribution < 1.29 is 19.2 Å². The van der Waals surface area contributed by atoms with Crippen molar-refractivity contribution in [2.75, 3.05) is 13.7 Å². The highest BCUT2D eigenvalue weighted by Gasteiger charge is 2.23. The number of rotatable bonds is 4. The number of hydrogen-bond donors (Lipinski definition) is 0. The maximum absolute atomic E-state index is 11.6. The van der Waals surface area contributed by atoms with Crippen LogP contribution in [-0.4, -0.2) is 24.6 Å². The van der Waals surface area contributed by atoms with Crippen LogP contribution in [0.5, 0.6) is 5.75 Å². The molecule has 0 atom stereocenters. The highest BCUT2D eigenvalue weighted by Crippen LogP contribution is 2.30. The Morgan fingerprint density at radius 2 is 2.22 bits per heavy atom. The minimum atomic E-state index is -0.778. The van der Waals surface area contributed by atoms with Gasteiger partial charge in [-0.3, -0.25) is 10.1 Å². The van der Waals surface area contributed by atoms with Gasteiger partial charge in [0, 0.05) is 12.1 Å². The molecule has 7 heteroatoms. The summed E-state index contributed by atoms with van der Waals surface area (Å²) in [5.74, 6) is -0.857. The molecular formula is C11H10N2O5. The number of hydrogen-bond acceptors (Lipinski definition) is 6. The Balaban J connectivity index is 3.42. The van der Waals surface area contributed by atoms with Gasteiger partial charge in [0.1, 0.15) is 6.07 Å². The first-order valence-corrected chi connectivity index (χ1v) is 4.98. The van der Waals surface area contributed by atoms with E-state index in [2.05, 4.69) is 0 Å². The van der Waals surface area contributed by atoms with Gasteiger partial charge in [0.2, 0.25) is 0 Å². The molecule has 0 aliphatic heterocycles. The maximum Gasteiger partial charge on any atom is 0.339 e. The van der Waals surface area contributed by atoms with E-state index in [1.165, 1.54) is 7.11 Å². The van der Waals surface area contributed by atoms with E-state index in [9.17, 15) is 14.9 Å². The van der Waals surface area contributed by atoms with Crippen molar-refractivity contribution >= 4 is 11.7 Å². The van der Waals surface area contributed by atoms with Gasteiger partial charge in [-0.2, -0.15) is 5.26 Å². The van der Waals surface area contributed by atoms with Gasteiger partial charge in [-0.1, -0.05) is 0 Å². The van der Waals surface area contributed by atoms with Crippen molar-refractivity contribution in [1.29, 1.82) is 5.26 Å². The summed E-state index contributed by atoms with van der Waals surface area (Å²) < 4.78 is 9.52. The lowest BCUT2D eigenvalue weighted by Crippen LogP contribution is -2.08. The van der Waals surface area contributed by atoms with Crippen molar-refractivity contribution in [1.82, 2.24) is 0 Å².